The number of hydrogen-bond donors (Lipinski definition) is 0. The first-order chi connectivity index (χ1) is 14.5. The van der Waals surface area contributed by atoms with Crippen molar-refractivity contribution in [1.29, 1.82) is 0 Å². The van der Waals surface area contributed by atoms with E-state index in [0.717, 1.165) is 19.2 Å². The molecule has 0 spiro atoms. The van der Waals surface area contributed by atoms with Gasteiger partial charge in [0.05, 0.1) is 5.02 Å². The van der Waals surface area contributed by atoms with Crippen LogP contribution in [0.25, 0.3) is 0 Å². The maximum Gasteiger partial charge on any atom is 0.213 e. The van der Waals surface area contributed by atoms with Crippen molar-refractivity contribution in [2.24, 2.45) is 5.92 Å². The van der Waals surface area contributed by atoms with Crippen molar-refractivity contribution in [3.8, 4) is 5.88 Å². The van der Waals surface area contributed by atoms with Crippen molar-refractivity contribution >= 4 is 11.6 Å². The van der Waals surface area contributed by atoms with Crippen LogP contribution in [0.2, 0.25) is 5.02 Å². The lowest BCUT2D eigenvalue weighted by Crippen LogP contribution is -2.30. The zero-order valence-corrected chi connectivity index (χ0v) is 17.4. The highest BCUT2D eigenvalue weighted by Gasteiger charge is 2.39. The summed E-state index contributed by atoms with van der Waals surface area (Å²) in [6, 6.07) is 17.5. The summed E-state index contributed by atoms with van der Waals surface area (Å²) >= 11 is 5.91. The summed E-state index contributed by atoms with van der Waals surface area (Å²) in [5.74, 6) is -0.695. The molecule has 6 heteroatoms. The van der Waals surface area contributed by atoms with E-state index in [2.05, 4.69) is 22.0 Å². The lowest BCUT2D eigenvalue weighted by Gasteiger charge is -2.26. The van der Waals surface area contributed by atoms with Crippen LogP contribution < -0.4 is 4.74 Å². The number of hydrogen-bond acceptors (Lipinski definition) is 3. The largest absolute Gasteiger partial charge is 0.474 e. The van der Waals surface area contributed by atoms with Crippen molar-refractivity contribution in [1.82, 2.24) is 9.88 Å². The Bertz CT molecular complexity index is 984. The molecule has 0 saturated carbocycles. The molecule has 0 radical (unpaired) electrons. The third-order valence-corrected chi connectivity index (χ3v) is 5.89. The van der Waals surface area contributed by atoms with Gasteiger partial charge in [-0.1, -0.05) is 48.0 Å². The zero-order chi connectivity index (χ0) is 21.1. The van der Waals surface area contributed by atoms with E-state index in [1.807, 2.05) is 25.1 Å². The number of aromatic nitrogens is 1. The van der Waals surface area contributed by atoms with Gasteiger partial charge in [0.2, 0.25) is 5.88 Å². The predicted molar refractivity (Wildman–Crippen MR) is 114 cm³/mol. The minimum Gasteiger partial charge on any atom is -0.474 e. The second-order valence-electron chi connectivity index (χ2n) is 7.75. The van der Waals surface area contributed by atoms with Crippen molar-refractivity contribution < 1.29 is 13.5 Å². The van der Waals surface area contributed by atoms with E-state index in [-0.39, 0.29) is 17.9 Å². The molecule has 2 heterocycles. The van der Waals surface area contributed by atoms with Crippen LogP contribution in [0.4, 0.5) is 8.78 Å². The topological polar surface area (TPSA) is 25.4 Å². The van der Waals surface area contributed by atoms with Gasteiger partial charge in [-0.2, -0.15) is 0 Å². The second-order valence-corrected chi connectivity index (χ2v) is 8.19. The lowest BCUT2D eigenvalue weighted by atomic mass is 9.85. The third-order valence-electron chi connectivity index (χ3n) is 5.66. The summed E-state index contributed by atoms with van der Waals surface area (Å²) in [6.07, 6.45) is 1.32. The van der Waals surface area contributed by atoms with Crippen LogP contribution in [0.1, 0.15) is 24.0 Å². The molecule has 3 aromatic rings. The average Bonchev–Trinajstić information content (AvgIpc) is 3.14. The van der Waals surface area contributed by atoms with E-state index < -0.39 is 11.6 Å². The van der Waals surface area contributed by atoms with Crippen molar-refractivity contribution in [3.05, 3.63) is 94.6 Å². The molecule has 1 fully saturated rings. The normalized spacial score (nSPS) is 20.3. The van der Waals surface area contributed by atoms with Gasteiger partial charge in [0.25, 0.3) is 0 Å². The van der Waals surface area contributed by atoms with E-state index in [0.29, 0.717) is 23.0 Å². The molecule has 0 amide bonds. The van der Waals surface area contributed by atoms with Crippen LogP contribution in [-0.4, -0.2) is 29.1 Å². The molecule has 3 nitrogen and oxygen atoms in total. The van der Waals surface area contributed by atoms with Crippen LogP contribution in [-0.2, 0) is 6.54 Å². The van der Waals surface area contributed by atoms with Gasteiger partial charge < -0.3 is 4.74 Å². The molecule has 30 heavy (non-hydrogen) atoms. The zero-order valence-electron chi connectivity index (χ0n) is 16.6. The Balaban J connectivity index is 1.57. The summed E-state index contributed by atoms with van der Waals surface area (Å²) in [6.45, 7) is 4.15. The van der Waals surface area contributed by atoms with Gasteiger partial charge in [-0.15, -0.1) is 0 Å². The van der Waals surface area contributed by atoms with E-state index in [9.17, 15) is 8.78 Å². The molecule has 0 aliphatic carbocycles. The molecule has 3 unspecified atom stereocenters. The van der Waals surface area contributed by atoms with Gasteiger partial charge >= 0.3 is 0 Å². The fourth-order valence-electron chi connectivity index (χ4n) is 4.20. The van der Waals surface area contributed by atoms with E-state index in [4.69, 9.17) is 16.3 Å². The van der Waals surface area contributed by atoms with Crippen molar-refractivity contribution in [2.45, 2.75) is 25.5 Å². The van der Waals surface area contributed by atoms with Gasteiger partial charge in [0, 0.05) is 49.8 Å². The van der Waals surface area contributed by atoms with Gasteiger partial charge in [-0.05, 0) is 30.2 Å². The standard InChI is InChI=1S/C24H23ClF2N2O/c1-16(30-24-10-7-18(25)12-28-24)21-14-29(13-17-5-3-2-4-6-17)15-22(21)20-9-8-19(26)11-23(20)27/h2-12,16,21-22H,13-15H2,1H3. The number of ether oxygens (including phenoxy) is 1. The molecule has 1 aromatic heterocycles. The number of pyridine rings is 1. The molecule has 1 saturated heterocycles. The molecule has 156 valence electrons. The lowest BCUT2D eigenvalue weighted by molar-refractivity contribution is 0.137. The Morgan fingerprint density at radius 1 is 1.10 bits per heavy atom. The highest BCUT2D eigenvalue weighted by molar-refractivity contribution is 6.30. The van der Waals surface area contributed by atoms with Crippen LogP contribution in [0.5, 0.6) is 5.88 Å². The Labute approximate surface area is 180 Å². The first-order valence-corrected chi connectivity index (χ1v) is 10.4. The summed E-state index contributed by atoms with van der Waals surface area (Å²) in [4.78, 5) is 6.51. The second kappa shape index (κ2) is 9.11. The van der Waals surface area contributed by atoms with Crippen LogP contribution in [0.3, 0.4) is 0 Å². The minimum atomic E-state index is -0.568. The third kappa shape index (κ3) is 4.79. The van der Waals surface area contributed by atoms with Crippen molar-refractivity contribution in [3.63, 3.8) is 0 Å². The fourth-order valence-corrected chi connectivity index (χ4v) is 4.31. The highest BCUT2D eigenvalue weighted by Crippen LogP contribution is 2.38. The summed E-state index contributed by atoms with van der Waals surface area (Å²) in [5, 5.41) is 0.538. The highest BCUT2D eigenvalue weighted by atomic mass is 35.5. The van der Waals surface area contributed by atoms with Gasteiger partial charge in [-0.3, -0.25) is 4.90 Å². The quantitative estimate of drug-likeness (QED) is 0.503. The molecule has 0 N–H and O–H groups in total. The molecule has 4 rings (SSSR count). The van der Waals surface area contributed by atoms with Gasteiger partial charge in [0.15, 0.2) is 0 Å². The molecule has 3 atom stereocenters. The van der Waals surface area contributed by atoms with Gasteiger partial charge in [-0.25, -0.2) is 13.8 Å². The molecule has 1 aliphatic heterocycles. The van der Waals surface area contributed by atoms with E-state index >= 15 is 0 Å². The fraction of sp³-hybridized carbons (Fsp3) is 0.292. The van der Waals surface area contributed by atoms with Crippen LogP contribution in [0, 0.1) is 17.6 Å². The number of likely N-dealkylation sites (tertiary alicyclic amines) is 1. The maximum absolute atomic E-state index is 14.6. The Hall–Kier alpha value is -2.50. The van der Waals surface area contributed by atoms with E-state index in [1.54, 1.807) is 18.2 Å². The molecule has 1 aliphatic rings. The summed E-state index contributed by atoms with van der Waals surface area (Å²) in [5.41, 5.74) is 1.72. The Morgan fingerprint density at radius 3 is 2.60 bits per heavy atom. The molecule has 0 bridgehead atoms. The van der Waals surface area contributed by atoms with Gasteiger partial charge in [0.1, 0.15) is 17.7 Å². The summed E-state index contributed by atoms with van der Waals surface area (Å²) < 4.78 is 34.2. The van der Waals surface area contributed by atoms with Crippen molar-refractivity contribution in [2.75, 3.05) is 13.1 Å². The number of nitrogens with zero attached hydrogens (tertiary/aromatic N) is 2. The first kappa shape index (κ1) is 20.8. The monoisotopic (exact) mass is 428 g/mol. The average molecular weight is 429 g/mol. The first-order valence-electron chi connectivity index (χ1n) is 9.99. The molecular formula is C24H23ClF2N2O. The number of benzene rings is 2. The SMILES string of the molecule is CC(Oc1ccc(Cl)cn1)C1CN(Cc2ccccc2)CC1c1ccc(F)cc1F. The predicted octanol–water partition coefficient (Wildman–Crippen LogP) is 5.70. The minimum absolute atomic E-state index is 0.0196. The van der Waals surface area contributed by atoms with Crippen LogP contribution in [0.15, 0.2) is 66.9 Å². The maximum atomic E-state index is 14.6. The molecule has 2 aromatic carbocycles. The smallest absolute Gasteiger partial charge is 0.213 e. The number of rotatable bonds is 6. The molecular weight excluding hydrogens is 406 g/mol. The number of halogens is 3. The van der Waals surface area contributed by atoms with E-state index in [1.165, 1.54) is 17.8 Å². The summed E-state index contributed by atoms with van der Waals surface area (Å²) in [7, 11) is 0. The van der Waals surface area contributed by atoms with Crippen LogP contribution >= 0.6 is 11.6 Å². The Kier molecular flexibility index (Phi) is 6.30. The Morgan fingerprint density at radius 2 is 1.90 bits per heavy atom.